The Hall–Kier alpha value is -0.570. The molecule has 4 fully saturated rings. The van der Waals surface area contributed by atoms with E-state index in [1.54, 1.807) is 0 Å². The number of hydrogen-bond acceptors (Lipinski definition) is 3. The highest BCUT2D eigenvalue weighted by Gasteiger charge is 2.52. The van der Waals surface area contributed by atoms with Gasteiger partial charge in [-0.05, 0) is 55.8 Å². The van der Waals surface area contributed by atoms with Crippen molar-refractivity contribution in [2.75, 3.05) is 0 Å². The van der Waals surface area contributed by atoms with Crippen LogP contribution in [0.1, 0.15) is 46.0 Å². The molecular weight excluding hydrogens is 240 g/mol. The molecule has 2 aliphatic carbocycles. The normalized spacial score (nSPS) is 54.8. The van der Waals surface area contributed by atoms with Crippen LogP contribution in [0.2, 0.25) is 0 Å². The molecule has 2 aliphatic heterocycles. The van der Waals surface area contributed by atoms with Gasteiger partial charge in [-0.2, -0.15) is 0 Å². The van der Waals surface area contributed by atoms with Crippen LogP contribution in [0, 0.1) is 29.6 Å². The van der Waals surface area contributed by atoms with Crippen molar-refractivity contribution in [2.24, 2.45) is 29.6 Å². The Labute approximate surface area is 115 Å². The van der Waals surface area contributed by atoms with Gasteiger partial charge in [0, 0.05) is 0 Å². The van der Waals surface area contributed by atoms with E-state index < -0.39 is 0 Å². The van der Waals surface area contributed by atoms with Crippen LogP contribution in [0.3, 0.4) is 0 Å². The molecule has 0 spiro atoms. The van der Waals surface area contributed by atoms with Crippen molar-refractivity contribution >= 4 is 5.97 Å². The molecule has 106 valence electrons. The first-order chi connectivity index (χ1) is 9.13. The second kappa shape index (κ2) is 4.21. The monoisotopic (exact) mass is 264 g/mol. The Kier molecular flexibility index (Phi) is 2.70. The van der Waals surface area contributed by atoms with Crippen molar-refractivity contribution in [3.63, 3.8) is 0 Å². The summed E-state index contributed by atoms with van der Waals surface area (Å²) in [7, 11) is 0. The summed E-state index contributed by atoms with van der Waals surface area (Å²) in [5.41, 5.74) is 0. The van der Waals surface area contributed by atoms with E-state index in [1.807, 2.05) is 0 Å². The highest BCUT2D eigenvalue weighted by molar-refractivity contribution is 5.74. The van der Waals surface area contributed by atoms with E-state index in [0.29, 0.717) is 17.9 Å². The molecule has 0 aromatic carbocycles. The number of ether oxygens (including phenoxy) is 2. The molecule has 2 saturated heterocycles. The minimum atomic E-state index is 0.0320. The molecule has 0 aromatic rings. The minimum absolute atomic E-state index is 0.0320. The molecule has 3 nitrogen and oxygen atoms in total. The van der Waals surface area contributed by atoms with Crippen molar-refractivity contribution < 1.29 is 14.3 Å². The molecule has 4 bridgehead atoms. The molecule has 2 saturated carbocycles. The van der Waals surface area contributed by atoms with E-state index in [4.69, 9.17) is 9.47 Å². The Morgan fingerprint density at radius 3 is 2.53 bits per heavy atom. The van der Waals surface area contributed by atoms with E-state index in [2.05, 4.69) is 13.8 Å². The van der Waals surface area contributed by atoms with Gasteiger partial charge in [0.15, 0.2) is 0 Å². The van der Waals surface area contributed by atoms with Gasteiger partial charge in [-0.15, -0.1) is 0 Å². The van der Waals surface area contributed by atoms with Gasteiger partial charge in [0.2, 0.25) is 0 Å². The van der Waals surface area contributed by atoms with E-state index in [1.165, 1.54) is 6.42 Å². The summed E-state index contributed by atoms with van der Waals surface area (Å²) >= 11 is 0. The van der Waals surface area contributed by atoms with Gasteiger partial charge in [0.1, 0.15) is 6.10 Å². The molecular formula is C16H24O3. The third-order valence-corrected chi connectivity index (χ3v) is 6.51. The SMILES string of the molecule is CC1C2CC(OC(=O)C3CC4CCC3O4)C(C2)C1C. The van der Waals surface area contributed by atoms with Crippen LogP contribution in [0.25, 0.3) is 0 Å². The third-order valence-electron chi connectivity index (χ3n) is 6.51. The Balaban J connectivity index is 1.39. The number of carbonyl (C=O) groups is 1. The fourth-order valence-electron chi connectivity index (χ4n) is 5.13. The second-order valence-electron chi connectivity index (χ2n) is 7.30. The van der Waals surface area contributed by atoms with E-state index in [-0.39, 0.29) is 24.1 Å². The molecule has 0 N–H and O–H groups in total. The summed E-state index contributed by atoms with van der Waals surface area (Å²) in [4.78, 5) is 12.4. The zero-order chi connectivity index (χ0) is 13.1. The molecule has 8 unspecified atom stereocenters. The smallest absolute Gasteiger partial charge is 0.311 e. The van der Waals surface area contributed by atoms with Crippen molar-refractivity contribution in [2.45, 2.75) is 64.3 Å². The average molecular weight is 264 g/mol. The summed E-state index contributed by atoms with van der Waals surface area (Å²) in [6.45, 7) is 4.69. The molecule has 19 heavy (non-hydrogen) atoms. The van der Waals surface area contributed by atoms with Crippen LogP contribution in [-0.4, -0.2) is 24.3 Å². The summed E-state index contributed by atoms with van der Waals surface area (Å²) < 4.78 is 11.7. The maximum Gasteiger partial charge on any atom is 0.311 e. The maximum atomic E-state index is 12.4. The van der Waals surface area contributed by atoms with Crippen molar-refractivity contribution in [3.8, 4) is 0 Å². The van der Waals surface area contributed by atoms with Gasteiger partial charge in [0.25, 0.3) is 0 Å². The minimum Gasteiger partial charge on any atom is -0.462 e. The summed E-state index contributed by atoms with van der Waals surface area (Å²) in [5.74, 6) is 2.99. The van der Waals surface area contributed by atoms with Gasteiger partial charge in [-0.3, -0.25) is 4.79 Å². The van der Waals surface area contributed by atoms with Crippen LogP contribution < -0.4 is 0 Å². The first-order valence-electron chi connectivity index (χ1n) is 7.99. The molecule has 2 heterocycles. The van der Waals surface area contributed by atoms with Crippen LogP contribution in [0.15, 0.2) is 0 Å². The number of esters is 1. The van der Waals surface area contributed by atoms with E-state index >= 15 is 0 Å². The molecule has 4 rings (SSSR count). The lowest BCUT2D eigenvalue weighted by Gasteiger charge is -2.32. The molecule has 0 amide bonds. The maximum absolute atomic E-state index is 12.4. The highest BCUT2D eigenvalue weighted by Crippen LogP contribution is 2.53. The predicted octanol–water partition coefficient (Wildman–Crippen LogP) is 2.78. The standard InChI is InChI=1S/C16H24O3/c1-8-9(2)12-5-10(8)6-15(12)19-16(17)13-7-11-3-4-14(13)18-11/h8-15H,3-7H2,1-2H3. The molecule has 4 aliphatic rings. The average Bonchev–Trinajstić information content (AvgIpc) is 3.13. The summed E-state index contributed by atoms with van der Waals surface area (Å²) in [6.07, 6.45) is 6.15. The van der Waals surface area contributed by atoms with E-state index in [0.717, 1.165) is 37.5 Å². The van der Waals surface area contributed by atoms with Gasteiger partial charge in [-0.25, -0.2) is 0 Å². The fraction of sp³-hybridized carbons (Fsp3) is 0.938. The van der Waals surface area contributed by atoms with E-state index in [9.17, 15) is 4.79 Å². The molecule has 0 aromatic heterocycles. The van der Waals surface area contributed by atoms with Gasteiger partial charge in [0.05, 0.1) is 18.1 Å². The number of carbonyl (C=O) groups excluding carboxylic acids is 1. The Morgan fingerprint density at radius 1 is 1.11 bits per heavy atom. The number of rotatable bonds is 2. The first kappa shape index (κ1) is 12.2. The largest absolute Gasteiger partial charge is 0.462 e. The topological polar surface area (TPSA) is 35.5 Å². The third kappa shape index (κ3) is 1.77. The molecule has 3 heteroatoms. The lowest BCUT2D eigenvalue weighted by Crippen LogP contribution is -2.36. The predicted molar refractivity (Wildman–Crippen MR) is 70.4 cm³/mol. The first-order valence-corrected chi connectivity index (χ1v) is 7.99. The van der Waals surface area contributed by atoms with Crippen molar-refractivity contribution in [1.29, 1.82) is 0 Å². The quantitative estimate of drug-likeness (QED) is 0.719. The van der Waals surface area contributed by atoms with Gasteiger partial charge < -0.3 is 9.47 Å². The lowest BCUT2D eigenvalue weighted by atomic mass is 9.80. The summed E-state index contributed by atoms with van der Waals surface area (Å²) in [5, 5.41) is 0. The van der Waals surface area contributed by atoms with Crippen molar-refractivity contribution in [1.82, 2.24) is 0 Å². The Morgan fingerprint density at radius 2 is 1.95 bits per heavy atom. The van der Waals surface area contributed by atoms with Crippen LogP contribution >= 0.6 is 0 Å². The van der Waals surface area contributed by atoms with Gasteiger partial charge >= 0.3 is 5.97 Å². The summed E-state index contributed by atoms with van der Waals surface area (Å²) in [6, 6.07) is 0. The van der Waals surface area contributed by atoms with Gasteiger partial charge in [-0.1, -0.05) is 13.8 Å². The van der Waals surface area contributed by atoms with Crippen molar-refractivity contribution in [3.05, 3.63) is 0 Å². The zero-order valence-electron chi connectivity index (χ0n) is 11.9. The zero-order valence-corrected chi connectivity index (χ0v) is 11.9. The molecule has 8 atom stereocenters. The van der Waals surface area contributed by atoms with Crippen LogP contribution in [0.5, 0.6) is 0 Å². The Bertz CT molecular complexity index is 391. The lowest BCUT2D eigenvalue weighted by molar-refractivity contribution is -0.159. The number of fused-ring (bicyclic) bond motifs is 4. The number of hydrogen-bond donors (Lipinski definition) is 0. The second-order valence-corrected chi connectivity index (χ2v) is 7.30. The highest BCUT2D eigenvalue weighted by atomic mass is 16.6. The fourth-order valence-corrected chi connectivity index (χ4v) is 5.13. The van der Waals surface area contributed by atoms with Crippen LogP contribution in [-0.2, 0) is 14.3 Å². The molecule has 0 radical (unpaired) electrons. The van der Waals surface area contributed by atoms with Crippen LogP contribution in [0.4, 0.5) is 0 Å².